The third kappa shape index (κ3) is 9.65. The van der Waals surface area contributed by atoms with Crippen molar-refractivity contribution in [2.45, 2.75) is 90.7 Å². The number of nitrogens with zero attached hydrogens (tertiary/aromatic N) is 3. The SMILES string of the molecule is Cc1cccc(C)c1-c1cc(Cl)nc(NS(=O)(=O)c2cccc(CC3C[C@H](O)CN(C(=O)OC(C)(C)C)C[C@@H]3CCC(C)C)c2)n1. The Morgan fingerprint density at radius 3 is 2.39 bits per heavy atom. The number of anilines is 1. The van der Waals surface area contributed by atoms with Crippen molar-refractivity contribution in [3.63, 3.8) is 0 Å². The van der Waals surface area contributed by atoms with Gasteiger partial charge in [0.1, 0.15) is 10.8 Å². The highest BCUT2D eigenvalue weighted by Gasteiger charge is 2.35. The van der Waals surface area contributed by atoms with Crippen LogP contribution in [0.25, 0.3) is 11.3 Å². The standard InChI is InChI=1S/C35H47ClN4O5S/c1-22(2)14-15-26-20-40(34(42)45-35(5,6)7)21-28(41)18-27(26)16-25-12-9-13-29(17-25)46(43,44)39-33-37-30(19-31(36)38-33)32-23(3)10-8-11-24(32)4/h8-13,17,19,22,26-28,41H,14-16,18,20-21H2,1-7H3,(H,37,38,39)/t26-,27?,28-/m0/s1. The number of carbonyl (C=O) groups excluding carboxylic acids is 1. The van der Waals surface area contributed by atoms with Crippen molar-refractivity contribution in [2.24, 2.45) is 17.8 Å². The number of aliphatic hydroxyl groups is 1. The van der Waals surface area contributed by atoms with E-state index in [1.165, 1.54) is 6.07 Å². The molecule has 1 amide bonds. The minimum Gasteiger partial charge on any atom is -0.444 e. The highest BCUT2D eigenvalue weighted by Crippen LogP contribution is 2.33. The minimum atomic E-state index is -4.06. The van der Waals surface area contributed by atoms with Crippen LogP contribution in [0.15, 0.2) is 53.4 Å². The smallest absolute Gasteiger partial charge is 0.410 e. The number of halogens is 1. The van der Waals surface area contributed by atoms with E-state index in [-0.39, 0.29) is 34.4 Å². The second-order valence-corrected chi connectivity index (χ2v) is 16.0. The van der Waals surface area contributed by atoms with Gasteiger partial charge in [0.15, 0.2) is 0 Å². The molecule has 46 heavy (non-hydrogen) atoms. The average molecular weight is 671 g/mol. The number of sulfonamides is 1. The number of aromatic nitrogens is 2. The van der Waals surface area contributed by atoms with E-state index in [0.717, 1.165) is 35.1 Å². The Hall–Kier alpha value is -3.21. The predicted molar refractivity (Wildman–Crippen MR) is 182 cm³/mol. The minimum absolute atomic E-state index is 0.0308. The van der Waals surface area contributed by atoms with Gasteiger partial charge in [-0.1, -0.05) is 62.2 Å². The lowest BCUT2D eigenvalue weighted by Gasteiger charge is -2.31. The van der Waals surface area contributed by atoms with E-state index in [4.69, 9.17) is 16.3 Å². The van der Waals surface area contributed by atoms with Gasteiger partial charge >= 0.3 is 6.09 Å². The Morgan fingerprint density at radius 1 is 1.07 bits per heavy atom. The molecule has 1 saturated heterocycles. The molecule has 11 heteroatoms. The first-order valence-corrected chi connectivity index (χ1v) is 17.8. The van der Waals surface area contributed by atoms with Gasteiger partial charge in [0.05, 0.1) is 16.7 Å². The van der Waals surface area contributed by atoms with E-state index in [1.807, 2.05) is 58.9 Å². The Labute approximate surface area is 278 Å². The Balaban J connectivity index is 1.57. The van der Waals surface area contributed by atoms with E-state index < -0.39 is 27.8 Å². The van der Waals surface area contributed by atoms with Gasteiger partial charge in [-0.05, 0) is 100 Å². The highest BCUT2D eigenvalue weighted by molar-refractivity contribution is 7.92. The van der Waals surface area contributed by atoms with Crippen molar-refractivity contribution < 1.29 is 23.1 Å². The zero-order valence-corrected chi connectivity index (χ0v) is 29.5. The molecule has 3 atom stereocenters. The normalized spacial score (nSPS) is 19.2. The van der Waals surface area contributed by atoms with Crippen molar-refractivity contribution in [3.8, 4) is 11.3 Å². The third-order valence-corrected chi connectivity index (χ3v) is 9.78. The summed E-state index contributed by atoms with van der Waals surface area (Å²) in [5, 5.41) is 11.1. The predicted octanol–water partition coefficient (Wildman–Crippen LogP) is 7.43. The fourth-order valence-corrected chi connectivity index (χ4v) is 7.31. The van der Waals surface area contributed by atoms with Gasteiger partial charge in [0.25, 0.3) is 10.0 Å². The second-order valence-electron chi connectivity index (χ2n) is 13.9. The molecular formula is C35H47ClN4O5S. The molecule has 2 aromatic carbocycles. The molecule has 0 spiro atoms. The fraction of sp³-hybridized carbons (Fsp3) is 0.514. The first-order valence-electron chi connectivity index (χ1n) is 15.9. The van der Waals surface area contributed by atoms with Gasteiger partial charge in [0.2, 0.25) is 5.95 Å². The summed E-state index contributed by atoms with van der Waals surface area (Å²) in [5.41, 5.74) is 3.56. The maximum atomic E-state index is 13.6. The van der Waals surface area contributed by atoms with Crippen molar-refractivity contribution in [1.82, 2.24) is 14.9 Å². The number of rotatable bonds is 9. The zero-order chi connectivity index (χ0) is 33.8. The number of likely N-dealkylation sites (tertiary alicyclic amines) is 1. The molecule has 4 rings (SSSR count). The maximum Gasteiger partial charge on any atom is 0.410 e. The van der Waals surface area contributed by atoms with E-state index >= 15 is 0 Å². The van der Waals surface area contributed by atoms with Crippen LogP contribution in [0.4, 0.5) is 10.7 Å². The molecule has 0 aliphatic carbocycles. The quantitative estimate of drug-likeness (QED) is 0.227. The number of hydrogen-bond acceptors (Lipinski definition) is 7. The molecule has 2 N–H and O–H groups in total. The van der Waals surface area contributed by atoms with Crippen molar-refractivity contribution in [2.75, 3.05) is 17.8 Å². The number of β-amino-alcohol motifs (C(OH)–C–C–N with tert-alkyl or cyclic N) is 1. The molecule has 3 aromatic rings. The summed E-state index contributed by atoms with van der Waals surface area (Å²) in [7, 11) is -4.06. The van der Waals surface area contributed by atoms with Crippen LogP contribution in [0.1, 0.15) is 70.6 Å². The number of aryl methyl sites for hydroxylation is 2. The lowest BCUT2D eigenvalue weighted by Crippen LogP contribution is -2.41. The van der Waals surface area contributed by atoms with E-state index in [0.29, 0.717) is 31.0 Å². The van der Waals surface area contributed by atoms with Crippen LogP contribution in [0.3, 0.4) is 0 Å². The van der Waals surface area contributed by atoms with E-state index in [1.54, 1.807) is 23.1 Å². The molecule has 0 radical (unpaired) electrons. The van der Waals surface area contributed by atoms with Crippen molar-refractivity contribution in [1.29, 1.82) is 0 Å². The van der Waals surface area contributed by atoms with Gasteiger partial charge in [-0.3, -0.25) is 0 Å². The van der Waals surface area contributed by atoms with Gasteiger partial charge in [-0.25, -0.2) is 27.9 Å². The molecule has 1 unspecified atom stereocenters. The summed E-state index contributed by atoms with van der Waals surface area (Å²) in [6.07, 6.45) is 1.75. The summed E-state index contributed by atoms with van der Waals surface area (Å²) < 4.78 is 35.3. The van der Waals surface area contributed by atoms with Crippen molar-refractivity contribution in [3.05, 3.63) is 70.4 Å². The number of nitrogens with one attached hydrogen (secondary N) is 1. The Kier molecular flexibility index (Phi) is 11.4. The maximum absolute atomic E-state index is 13.6. The van der Waals surface area contributed by atoms with Crippen LogP contribution in [0, 0.1) is 31.6 Å². The molecule has 2 heterocycles. The lowest BCUT2D eigenvalue weighted by atomic mass is 9.80. The van der Waals surface area contributed by atoms with Crippen LogP contribution in [0.2, 0.25) is 5.15 Å². The van der Waals surface area contributed by atoms with E-state index in [9.17, 15) is 18.3 Å². The number of benzene rings is 2. The molecule has 1 aliphatic rings. The van der Waals surface area contributed by atoms with Crippen LogP contribution < -0.4 is 4.72 Å². The molecule has 1 fully saturated rings. The van der Waals surface area contributed by atoms with Gasteiger partial charge in [-0.2, -0.15) is 0 Å². The molecule has 0 saturated carbocycles. The van der Waals surface area contributed by atoms with Crippen LogP contribution in [-0.2, 0) is 21.2 Å². The fourth-order valence-electron chi connectivity index (χ4n) is 6.11. The van der Waals surface area contributed by atoms with Crippen LogP contribution >= 0.6 is 11.6 Å². The first-order chi connectivity index (χ1) is 21.5. The lowest BCUT2D eigenvalue weighted by molar-refractivity contribution is 0.0154. The number of hydrogen-bond donors (Lipinski definition) is 2. The summed E-state index contributed by atoms with van der Waals surface area (Å²) in [6, 6.07) is 14.3. The van der Waals surface area contributed by atoms with E-state index in [2.05, 4.69) is 28.5 Å². The van der Waals surface area contributed by atoms with Gasteiger partial charge in [-0.15, -0.1) is 0 Å². The number of carbonyl (C=O) groups is 1. The Bertz CT molecular complexity index is 1620. The summed E-state index contributed by atoms with van der Waals surface area (Å²) in [5.74, 6) is 0.502. The summed E-state index contributed by atoms with van der Waals surface area (Å²) >= 11 is 6.32. The molecule has 9 nitrogen and oxygen atoms in total. The summed E-state index contributed by atoms with van der Waals surface area (Å²) in [6.45, 7) is 14.4. The van der Waals surface area contributed by atoms with Gasteiger partial charge < -0.3 is 14.7 Å². The monoisotopic (exact) mass is 670 g/mol. The molecule has 1 aliphatic heterocycles. The molecule has 0 bridgehead atoms. The summed E-state index contributed by atoms with van der Waals surface area (Å²) in [4.78, 5) is 23.4. The molecule has 250 valence electrons. The third-order valence-electron chi connectivity index (χ3n) is 8.26. The van der Waals surface area contributed by atoms with Crippen LogP contribution in [-0.4, -0.2) is 59.3 Å². The highest BCUT2D eigenvalue weighted by atomic mass is 35.5. The second kappa shape index (κ2) is 14.7. The van der Waals surface area contributed by atoms with Gasteiger partial charge in [0, 0.05) is 24.7 Å². The number of ether oxygens (including phenoxy) is 1. The average Bonchev–Trinajstić information content (AvgIpc) is 3.08. The first kappa shape index (κ1) is 35.6. The Morgan fingerprint density at radius 2 is 1.74 bits per heavy atom. The largest absolute Gasteiger partial charge is 0.444 e. The van der Waals surface area contributed by atoms with Crippen LogP contribution in [0.5, 0.6) is 0 Å². The molecule has 1 aromatic heterocycles. The number of amides is 1. The topological polar surface area (TPSA) is 122 Å². The molecular weight excluding hydrogens is 624 g/mol. The zero-order valence-electron chi connectivity index (χ0n) is 27.9. The van der Waals surface area contributed by atoms with Crippen molar-refractivity contribution >= 4 is 33.7 Å². The number of aliphatic hydroxyl groups excluding tert-OH is 1.